The second kappa shape index (κ2) is 6.98. The van der Waals surface area contributed by atoms with Crippen molar-refractivity contribution in [3.63, 3.8) is 0 Å². The van der Waals surface area contributed by atoms with Crippen LogP contribution in [0, 0.1) is 0 Å². The largest absolute Gasteiger partial charge is 0.508 e. The summed E-state index contributed by atoms with van der Waals surface area (Å²) in [6.07, 6.45) is -5.36. The van der Waals surface area contributed by atoms with Crippen molar-refractivity contribution in [2.24, 2.45) is 0 Å². The summed E-state index contributed by atoms with van der Waals surface area (Å²) < 4.78 is 47.3. The Morgan fingerprint density at radius 3 is 2.09 bits per heavy atom. The highest BCUT2D eigenvalue weighted by Crippen LogP contribution is 2.29. The van der Waals surface area contributed by atoms with E-state index in [0.717, 1.165) is 17.7 Å². The van der Waals surface area contributed by atoms with Gasteiger partial charge in [0.15, 0.2) is 0 Å². The van der Waals surface area contributed by atoms with E-state index in [1.807, 2.05) is 6.07 Å². The number of benzene rings is 2. The first kappa shape index (κ1) is 15.9. The minimum atomic E-state index is -4.43. The number of halogens is 3. The zero-order chi connectivity index (χ0) is 16.0. The standard InChI is InChI=1S/C16H13F3O3/c17-16(18,19)14-8-4-7-13(9-14)11-22-15(20)21-10-12-5-2-1-3-6-12/h1-9H,10-11H2. The molecule has 2 rings (SSSR count). The lowest BCUT2D eigenvalue weighted by Crippen LogP contribution is -2.09. The van der Waals surface area contributed by atoms with Gasteiger partial charge in [0.1, 0.15) is 13.2 Å². The first-order chi connectivity index (χ1) is 10.4. The summed E-state index contributed by atoms with van der Waals surface area (Å²) >= 11 is 0. The van der Waals surface area contributed by atoms with Gasteiger partial charge in [0.05, 0.1) is 5.56 Å². The van der Waals surface area contributed by atoms with E-state index in [1.54, 1.807) is 24.3 Å². The van der Waals surface area contributed by atoms with Crippen molar-refractivity contribution in [3.8, 4) is 0 Å². The number of hydrogen-bond donors (Lipinski definition) is 0. The minimum Gasteiger partial charge on any atom is -0.429 e. The molecule has 116 valence electrons. The number of alkyl halides is 3. The van der Waals surface area contributed by atoms with Gasteiger partial charge in [0.25, 0.3) is 0 Å². The van der Waals surface area contributed by atoms with Gasteiger partial charge < -0.3 is 9.47 Å². The molecule has 22 heavy (non-hydrogen) atoms. The fraction of sp³-hybridized carbons (Fsp3) is 0.188. The molecule has 0 heterocycles. The van der Waals surface area contributed by atoms with E-state index >= 15 is 0 Å². The fourth-order valence-corrected chi connectivity index (χ4v) is 1.74. The molecule has 0 saturated heterocycles. The summed E-state index contributed by atoms with van der Waals surface area (Å²) in [4.78, 5) is 11.4. The van der Waals surface area contributed by atoms with Gasteiger partial charge >= 0.3 is 12.3 Å². The van der Waals surface area contributed by atoms with Crippen LogP contribution in [0.2, 0.25) is 0 Å². The average Bonchev–Trinajstić information content (AvgIpc) is 2.51. The molecule has 2 aromatic rings. The van der Waals surface area contributed by atoms with E-state index in [1.165, 1.54) is 12.1 Å². The summed E-state index contributed by atoms with van der Waals surface area (Å²) in [6, 6.07) is 13.6. The maximum Gasteiger partial charge on any atom is 0.508 e. The molecule has 0 radical (unpaired) electrons. The van der Waals surface area contributed by atoms with Crippen LogP contribution in [0.1, 0.15) is 16.7 Å². The first-order valence-electron chi connectivity index (χ1n) is 6.45. The van der Waals surface area contributed by atoms with Gasteiger partial charge in [-0.05, 0) is 23.3 Å². The molecule has 0 spiro atoms. The van der Waals surface area contributed by atoms with E-state index in [2.05, 4.69) is 0 Å². The van der Waals surface area contributed by atoms with Crippen LogP contribution in [0.3, 0.4) is 0 Å². The monoisotopic (exact) mass is 310 g/mol. The Bertz CT molecular complexity index is 624. The summed E-state index contributed by atoms with van der Waals surface area (Å²) in [5.41, 5.74) is 0.247. The first-order valence-corrected chi connectivity index (χ1v) is 6.45. The van der Waals surface area contributed by atoms with Gasteiger partial charge in [0.2, 0.25) is 0 Å². The van der Waals surface area contributed by atoms with Crippen LogP contribution in [0.25, 0.3) is 0 Å². The van der Waals surface area contributed by atoms with Crippen LogP contribution < -0.4 is 0 Å². The van der Waals surface area contributed by atoms with Gasteiger partial charge in [-0.1, -0.05) is 42.5 Å². The van der Waals surface area contributed by atoms with Gasteiger partial charge in [-0.3, -0.25) is 0 Å². The third-order valence-corrected chi connectivity index (χ3v) is 2.81. The number of ether oxygens (including phenoxy) is 2. The molecule has 0 fully saturated rings. The molecule has 0 aromatic heterocycles. The van der Waals surface area contributed by atoms with Crippen LogP contribution in [-0.2, 0) is 28.9 Å². The van der Waals surface area contributed by atoms with Gasteiger partial charge in [-0.25, -0.2) is 4.79 Å². The number of carbonyl (C=O) groups excluding carboxylic acids is 1. The summed E-state index contributed by atoms with van der Waals surface area (Å²) in [5.74, 6) is 0. The Hall–Kier alpha value is -2.50. The van der Waals surface area contributed by atoms with Crippen molar-refractivity contribution in [1.29, 1.82) is 0 Å². The Morgan fingerprint density at radius 1 is 0.864 bits per heavy atom. The molecule has 0 atom stereocenters. The quantitative estimate of drug-likeness (QED) is 0.777. The van der Waals surface area contributed by atoms with Gasteiger partial charge in [-0.2, -0.15) is 13.2 Å². The van der Waals surface area contributed by atoms with Crippen molar-refractivity contribution in [2.45, 2.75) is 19.4 Å². The Kier molecular flexibility index (Phi) is 5.04. The van der Waals surface area contributed by atoms with E-state index in [9.17, 15) is 18.0 Å². The van der Waals surface area contributed by atoms with E-state index in [-0.39, 0.29) is 18.8 Å². The molecule has 0 aliphatic rings. The normalized spacial score (nSPS) is 11.0. The molecule has 2 aromatic carbocycles. The smallest absolute Gasteiger partial charge is 0.429 e. The predicted octanol–water partition coefficient (Wildman–Crippen LogP) is 4.56. The van der Waals surface area contributed by atoms with E-state index in [4.69, 9.17) is 9.47 Å². The molecule has 0 saturated carbocycles. The predicted molar refractivity (Wildman–Crippen MR) is 72.9 cm³/mol. The van der Waals surface area contributed by atoms with Crippen molar-refractivity contribution in [1.82, 2.24) is 0 Å². The molecule has 0 amide bonds. The molecular formula is C16H13F3O3. The number of rotatable bonds is 4. The maximum atomic E-state index is 12.5. The highest BCUT2D eigenvalue weighted by atomic mass is 19.4. The Labute approximate surface area is 125 Å². The van der Waals surface area contributed by atoms with Crippen LogP contribution in [0.15, 0.2) is 54.6 Å². The summed E-state index contributed by atoms with van der Waals surface area (Å²) in [6.45, 7) is -0.236. The highest BCUT2D eigenvalue weighted by Gasteiger charge is 2.30. The molecule has 0 unspecified atom stereocenters. The molecule has 0 aliphatic carbocycles. The van der Waals surface area contributed by atoms with Crippen molar-refractivity contribution >= 4 is 6.16 Å². The number of carbonyl (C=O) groups is 1. The lowest BCUT2D eigenvalue weighted by Gasteiger charge is -2.09. The van der Waals surface area contributed by atoms with Crippen LogP contribution in [0.5, 0.6) is 0 Å². The summed E-state index contributed by atoms with van der Waals surface area (Å²) in [5, 5.41) is 0. The van der Waals surface area contributed by atoms with Crippen molar-refractivity contribution in [2.75, 3.05) is 0 Å². The molecule has 0 N–H and O–H groups in total. The molecule has 0 bridgehead atoms. The third kappa shape index (κ3) is 4.80. The molecule has 0 aliphatic heterocycles. The SMILES string of the molecule is O=C(OCc1ccccc1)OCc1cccc(C(F)(F)F)c1. The zero-order valence-corrected chi connectivity index (χ0v) is 11.5. The molecule has 3 nitrogen and oxygen atoms in total. The van der Waals surface area contributed by atoms with E-state index < -0.39 is 17.9 Å². The zero-order valence-electron chi connectivity index (χ0n) is 11.5. The van der Waals surface area contributed by atoms with Crippen LogP contribution in [-0.4, -0.2) is 6.16 Å². The van der Waals surface area contributed by atoms with Crippen molar-refractivity contribution in [3.05, 3.63) is 71.3 Å². The van der Waals surface area contributed by atoms with Crippen molar-refractivity contribution < 1.29 is 27.4 Å². The second-order valence-corrected chi connectivity index (χ2v) is 4.51. The van der Waals surface area contributed by atoms with Gasteiger partial charge in [0, 0.05) is 0 Å². The lowest BCUT2D eigenvalue weighted by molar-refractivity contribution is -0.137. The highest BCUT2D eigenvalue weighted by molar-refractivity contribution is 5.60. The Balaban J connectivity index is 1.84. The molecule has 6 heteroatoms. The third-order valence-electron chi connectivity index (χ3n) is 2.81. The fourth-order valence-electron chi connectivity index (χ4n) is 1.74. The topological polar surface area (TPSA) is 35.5 Å². The lowest BCUT2D eigenvalue weighted by atomic mass is 10.1. The Morgan fingerprint density at radius 2 is 1.45 bits per heavy atom. The molecular weight excluding hydrogens is 297 g/mol. The van der Waals surface area contributed by atoms with Gasteiger partial charge in [-0.15, -0.1) is 0 Å². The minimum absolute atomic E-state index is 0.0439. The maximum absolute atomic E-state index is 12.5. The van der Waals surface area contributed by atoms with E-state index in [0.29, 0.717) is 0 Å². The number of hydrogen-bond acceptors (Lipinski definition) is 3. The summed E-state index contributed by atoms with van der Waals surface area (Å²) in [7, 11) is 0. The second-order valence-electron chi connectivity index (χ2n) is 4.51. The average molecular weight is 310 g/mol. The van der Waals surface area contributed by atoms with Crippen LogP contribution in [0.4, 0.5) is 18.0 Å². The van der Waals surface area contributed by atoms with Crippen LogP contribution >= 0.6 is 0 Å².